The van der Waals surface area contributed by atoms with Crippen molar-refractivity contribution in [3.05, 3.63) is 76.8 Å². The molecule has 1 N–H and O–H groups in total. The van der Waals surface area contributed by atoms with E-state index in [2.05, 4.69) is 0 Å². The van der Waals surface area contributed by atoms with Gasteiger partial charge in [0.2, 0.25) is 0 Å². The van der Waals surface area contributed by atoms with Gasteiger partial charge in [0.15, 0.2) is 5.78 Å². The lowest BCUT2D eigenvalue weighted by atomic mass is 9.93. The Morgan fingerprint density at radius 3 is 2.41 bits per heavy atom. The van der Waals surface area contributed by atoms with Crippen LogP contribution in [0.25, 0.3) is 6.08 Å². The van der Waals surface area contributed by atoms with Crippen LogP contribution in [0, 0.1) is 5.92 Å². The van der Waals surface area contributed by atoms with E-state index in [1.807, 2.05) is 42.5 Å². The molecule has 0 amide bonds. The van der Waals surface area contributed by atoms with Crippen LogP contribution >= 0.6 is 11.6 Å². The number of benzene rings is 2. The van der Waals surface area contributed by atoms with E-state index in [1.54, 1.807) is 25.1 Å². The van der Waals surface area contributed by atoms with E-state index in [0.717, 1.165) is 11.1 Å². The van der Waals surface area contributed by atoms with Crippen LogP contribution < -0.4 is 0 Å². The number of aliphatic hydroxyl groups is 1. The largest absolute Gasteiger partial charge is 0.392 e. The minimum absolute atomic E-state index is 0.0784. The van der Waals surface area contributed by atoms with E-state index >= 15 is 0 Å². The highest BCUT2D eigenvalue weighted by Crippen LogP contribution is 2.15. The fraction of sp³-hybridized carbons (Fsp3) is 0.211. The molecule has 0 bridgehead atoms. The monoisotopic (exact) mass is 314 g/mol. The molecular formula is C19H19ClO2. The van der Waals surface area contributed by atoms with Crippen molar-refractivity contribution in [2.24, 2.45) is 5.92 Å². The molecule has 2 aromatic carbocycles. The van der Waals surface area contributed by atoms with Crippen molar-refractivity contribution in [1.82, 2.24) is 0 Å². The summed E-state index contributed by atoms with van der Waals surface area (Å²) in [6, 6.07) is 16.9. The van der Waals surface area contributed by atoms with Gasteiger partial charge in [0.25, 0.3) is 0 Å². The summed E-state index contributed by atoms with van der Waals surface area (Å²) in [4.78, 5) is 12.1. The van der Waals surface area contributed by atoms with E-state index in [0.29, 0.717) is 11.4 Å². The summed E-state index contributed by atoms with van der Waals surface area (Å²) in [5.41, 5.74) is 1.93. The van der Waals surface area contributed by atoms with Crippen LogP contribution in [-0.4, -0.2) is 17.0 Å². The first-order valence-corrected chi connectivity index (χ1v) is 7.63. The number of ketones is 1. The molecule has 0 saturated heterocycles. The first-order valence-electron chi connectivity index (χ1n) is 7.26. The van der Waals surface area contributed by atoms with E-state index in [-0.39, 0.29) is 5.78 Å². The smallest absolute Gasteiger partial charge is 0.161 e. The number of hydrogen-bond acceptors (Lipinski definition) is 2. The summed E-state index contributed by atoms with van der Waals surface area (Å²) < 4.78 is 0. The lowest BCUT2D eigenvalue weighted by molar-refractivity contribution is -0.120. The maximum Gasteiger partial charge on any atom is 0.161 e. The van der Waals surface area contributed by atoms with E-state index in [1.165, 1.54) is 6.08 Å². The highest BCUT2D eigenvalue weighted by molar-refractivity contribution is 6.30. The zero-order valence-electron chi connectivity index (χ0n) is 12.4. The lowest BCUT2D eigenvalue weighted by Crippen LogP contribution is -2.26. The molecule has 2 aromatic rings. The van der Waals surface area contributed by atoms with Crippen LogP contribution in [0.15, 0.2) is 60.7 Å². The Hall–Kier alpha value is -1.90. The van der Waals surface area contributed by atoms with Gasteiger partial charge in [-0.2, -0.15) is 0 Å². The minimum atomic E-state index is -0.714. The fourth-order valence-electron chi connectivity index (χ4n) is 2.12. The van der Waals surface area contributed by atoms with Gasteiger partial charge in [0.05, 0.1) is 6.10 Å². The molecule has 2 rings (SSSR count). The van der Waals surface area contributed by atoms with Crippen LogP contribution in [-0.2, 0) is 11.2 Å². The zero-order valence-corrected chi connectivity index (χ0v) is 13.2. The molecule has 0 aromatic heterocycles. The summed E-state index contributed by atoms with van der Waals surface area (Å²) in [5.74, 6) is -0.527. The Kier molecular flexibility index (Phi) is 5.93. The average Bonchev–Trinajstić information content (AvgIpc) is 2.55. The number of allylic oxidation sites excluding steroid dienone is 1. The van der Waals surface area contributed by atoms with Gasteiger partial charge < -0.3 is 5.11 Å². The Balaban J connectivity index is 1.94. The second kappa shape index (κ2) is 7.92. The molecule has 3 heteroatoms. The topological polar surface area (TPSA) is 37.3 Å². The summed E-state index contributed by atoms with van der Waals surface area (Å²) in [6.07, 6.45) is 3.02. The third-order valence-corrected chi connectivity index (χ3v) is 3.88. The number of rotatable bonds is 6. The van der Waals surface area contributed by atoms with Gasteiger partial charge in [-0.05, 0) is 35.8 Å². The lowest BCUT2D eigenvalue weighted by Gasteiger charge is -2.16. The second-order valence-corrected chi connectivity index (χ2v) is 5.77. The van der Waals surface area contributed by atoms with Crippen molar-refractivity contribution in [2.45, 2.75) is 19.4 Å². The third kappa shape index (κ3) is 4.83. The van der Waals surface area contributed by atoms with Gasteiger partial charge >= 0.3 is 0 Å². The van der Waals surface area contributed by atoms with Gasteiger partial charge in [-0.3, -0.25) is 4.79 Å². The molecule has 0 aliphatic rings. The Morgan fingerprint density at radius 1 is 1.14 bits per heavy atom. The summed E-state index contributed by atoms with van der Waals surface area (Å²) in [6.45, 7) is 1.75. The predicted molar refractivity (Wildman–Crippen MR) is 90.8 cm³/mol. The third-order valence-electron chi connectivity index (χ3n) is 3.62. The van der Waals surface area contributed by atoms with Gasteiger partial charge in [0.1, 0.15) is 0 Å². The maximum absolute atomic E-state index is 12.1. The Labute approximate surface area is 136 Å². The van der Waals surface area contributed by atoms with E-state index < -0.39 is 12.0 Å². The zero-order chi connectivity index (χ0) is 15.9. The van der Waals surface area contributed by atoms with Gasteiger partial charge in [-0.1, -0.05) is 67.1 Å². The SMILES string of the molecule is C[C@@H](C(=O)/C=C/c1ccccc1)[C@@H](O)Cc1ccc(Cl)cc1. The molecule has 0 radical (unpaired) electrons. The molecule has 0 aliphatic heterocycles. The van der Waals surface area contributed by atoms with Crippen molar-refractivity contribution >= 4 is 23.5 Å². The average molecular weight is 315 g/mol. The second-order valence-electron chi connectivity index (χ2n) is 5.33. The van der Waals surface area contributed by atoms with Gasteiger partial charge in [-0.15, -0.1) is 0 Å². The maximum atomic E-state index is 12.1. The number of hydrogen-bond donors (Lipinski definition) is 1. The van der Waals surface area contributed by atoms with E-state index in [4.69, 9.17) is 11.6 Å². The molecular weight excluding hydrogens is 296 g/mol. The number of carbonyl (C=O) groups excluding carboxylic acids is 1. The fourth-order valence-corrected chi connectivity index (χ4v) is 2.25. The summed E-state index contributed by atoms with van der Waals surface area (Å²) in [7, 11) is 0. The molecule has 0 unspecified atom stereocenters. The van der Waals surface area contributed by atoms with Crippen LogP contribution in [0.4, 0.5) is 0 Å². The quantitative estimate of drug-likeness (QED) is 0.813. The normalized spacial score (nSPS) is 14.0. The standard InChI is InChI=1S/C19H19ClO2/c1-14(18(21)12-9-15-5-3-2-4-6-15)19(22)13-16-7-10-17(20)11-8-16/h2-12,14,19,22H,13H2,1H3/b12-9+/t14-,19-/m0/s1. The number of aliphatic hydroxyl groups excluding tert-OH is 1. The first kappa shape index (κ1) is 16.5. The molecule has 0 heterocycles. The Morgan fingerprint density at radius 2 is 1.77 bits per heavy atom. The number of halogens is 1. The predicted octanol–water partition coefficient (Wildman–Crippen LogP) is 4.16. The van der Waals surface area contributed by atoms with Crippen LogP contribution in [0.2, 0.25) is 5.02 Å². The summed E-state index contributed by atoms with van der Waals surface area (Å²) >= 11 is 5.83. The van der Waals surface area contributed by atoms with Crippen LogP contribution in [0.3, 0.4) is 0 Å². The van der Waals surface area contributed by atoms with Crippen LogP contribution in [0.1, 0.15) is 18.1 Å². The van der Waals surface area contributed by atoms with Crippen LogP contribution in [0.5, 0.6) is 0 Å². The molecule has 22 heavy (non-hydrogen) atoms. The minimum Gasteiger partial charge on any atom is -0.392 e. The van der Waals surface area contributed by atoms with Gasteiger partial charge in [-0.25, -0.2) is 0 Å². The Bertz CT molecular complexity index is 632. The molecule has 114 valence electrons. The molecule has 2 nitrogen and oxygen atoms in total. The van der Waals surface area contributed by atoms with E-state index in [9.17, 15) is 9.90 Å². The van der Waals surface area contributed by atoms with Gasteiger partial charge in [0, 0.05) is 10.9 Å². The summed E-state index contributed by atoms with van der Waals surface area (Å²) in [5, 5.41) is 10.9. The number of carbonyl (C=O) groups is 1. The molecule has 0 fully saturated rings. The van der Waals surface area contributed by atoms with Crippen molar-refractivity contribution in [3.8, 4) is 0 Å². The van der Waals surface area contributed by atoms with Crippen molar-refractivity contribution < 1.29 is 9.90 Å². The molecule has 0 saturated carbocycles. The highest BCUT2D eigenvalue weighted by Gasteiger charge is 2.20. The molecule has 0 spiro atoms. The van der Waals surface area contributed by atoms with Crippen molar-refractivity contribution in [3.63, 3.8) is 0 Å². The first-order chi connectivity index (χ1) is 10.6. The molecule has 2 atom stereocenters. The van der Waals surface area contributed by atoms with Crippen molar-refractivity contribution in [1.29, 1.82) is 0 Å². The van der Waals surface area contributed by atoms with Crippen molar-refractivity contribution in [2.75, 3.05) is 0 Å². The molecule has 0 aliphatic carbocycles. The highest BCUT2D eigenvalue weighted by atomic mass is 35.5.